The summed E-state index contributed by atoms with van der Waals surface area (Å²) >= 11 is 0. The Morgan fingerprint density at radius 2 is 1.52 bits per heavy atom. The fourth-order valence-corrected chi connectivity index (χ4v) is 10.7. The van der Waals surface area contributed by atoms with Crippen LogP contribution in [0.1, 0.15) is 106 Å². The van der Waals surface area contributed by atoms with Gasteiger partial charge >= 0.3 is 0 Å². The normalized spacial score (nSPS) is 55.5. The first kappa shape index (κ1) is 24.3. The van der Waals surface area contributed by atoms with Gasteiger partial charge in [-0.15, -0.1) is 0 Å². The molecule has 0 saturated heterocycles. The second kappa shape index (κ2) is 7.32. The topological polar surface area (TPSA) is 60.7 Å². The molecule has 5 rings (SSSR count). The average molecular weight is 459 g/mol. The molecule has 0 unspecified atom stereocenters. The molecular weight excluding hydrogens is 408 g/mol. The van der Waals surface area contributed by atoms with Gasteiger partial charge in [0.2, 0.25) is 0 Å². The number of allylic oxidation sites excluding steroid dienone is 2. The Bertz CT molecular complexity index is 832. The van der Waals surface area contributed by atoms with E-state index in [1.165, 1.54) is 19.3 Å². The van der Waals surface area contributed by atoms with Crippen LogP contribution in [0.4, 0.5) is 0 Å². The molecule has 4 saturated carbocycles. The minimum atomic E-state index is -0.177. The van der Waals surface area contributed by atoms with Crippen molar-refractivity contribution in [2.45, 2.75) is 112 Å². The Labute approximate surface area is 202 Å². The maximum Gasteiger partial charge on any atom is 0.0594 e. The predicted octanol–water partition coefficient (Wildman–Crippen LogP) is 6.11. The molecule has 3 N–H and O–H groups in total. The number of hydrogen-bond donors (Lipinski definition) is 3. The second-order valence-electron chi connectivity index (χ2n) is 14.9. The highest BCUT2D eigenvalue weighted by atomic mass is 16.3. The van der Waals surface area contributed by atoms with Gasteiger partial charge in [0.25, 0.3) is 0 Å². The van der Waals surface area contributed by atoms with Crippen molar-refractivity contribution in [3.05, 3.63) is 11.6 Å². The average Bonchev–Trinajstić information content (AvgIpc) is 2.77. The third-order valence-electron chi connectivity index (χ3n) is 13.4. The molecule has 4 fully saturated rings. The summed E-state index contributed by atoms with van der Waals surface area (Å²) in [5, 5.41) is 31.8. The molecule has 0 aromatic carbocycles. The first-order valence-electron chi connectivity index (χ1n) is 13.9. The van der Waals surface area contributed by atoms with Gasteiger partial charge in [0.15, 0.2) is 0 Å². The largest absolute Gasteiger partial charge is 0.396 e. The van der Waals surface area contributed by atoms with E-state index in [9.17, 15) is 15.3 Å². The Balaban J connectivity index is 1.57. The summed E-state index contributed by atoms with van der Waals surface area (Å²) in [4.78, 5) is 0. The fraction of sp³-hybridized carbons (Fsp3) is 0.933. The van der Waals surface area contributed by atoms with Crippen LogP contribution < -0.4 is 0 Å². The zero-order chi connectivity index (χ0) is 24.1. The van der Waals surface area contributed by atoms with Crippen LogP contribution in [0.3, 0.4) is 0 Å². The number of rotatable bonds is 2. The third kappa shape index (κ3) is 2.97. The number of hydrogen-bond acceptors (Lipinski definition) is 3. The molecule has 0 amide bonds. The van der Waals surface area contributed by atoms with E-state index in [1.807, 2.05) is 0 Å². The Morgan fingerprint density at radius 1 is 0.818 bits per heavy atom. The quantitative estimate of drug-likeness (QED) is 0.437. The molecule has 9 atom stereocenters. The van der Waals surface area contributed by atoms with Gasteiger partial charge in [-0.2, -0.15) is 0 Å². The predicted molar refractivity (Wildman–Crippen MR) is 134 cm³/mol. The van der Waals surface area contributed by atoms with E-state index in [0.29, 0.717) is 24.4 Å². The van der Waals surface area contributed by atoms with E-state index in [0.717, 1.165) is 44.9 Å². The Morgan fingerprint density at radius 3 is 2.18 bits per heavy atom. The van der Waals surface area contributed by atoms with Crippen molar-refractivity contribution in [1.82, 2.24) is 0 Å². The summed E-state index contributed by atoms with van der Waals surface area (Å²) in [7, 11) is 0. The summed E-state index contributed by atoms with van der Waals surface area (Å²) in [6.07, 6.45) is 13.6. The van der Waals surface area contributed by atoms with Crippen LogP contribution in [-0.2, 0) is 0 Å². The minimum absolute atomic E-state index is 0.00978. The first-order chi connectivity index (χ1) is 15.3. The van der Waals surface area contributed by atoms with E-state index < -0.39 is 0 Å². The SMILES string of the molecule is CC1(C)[C@@H](O)CC[C@]2(C)[C@H]3CC=C4[C@@H]5C[C@](C)(CO)CC[C@]5(CO)CC[C@@]4(C)[C@]3(C)CC[C@@H]12. The smallest absolute Gasteiger partial charge is 0.0594 e. The van der Waals surface area contributed by atoms with Crippen molar-refractivity contribution in [3.8, 4) is 0 Å². The zero-order valence-electron chi connectivity index (χ0n) is 22.2. The molecule has 0 spiro atoms. The monoisotopic (exact) mass is 458 g/mol. The molecule has 0 radical (unpaired) electrons. The lowest BCUT2D eigenvalue weighted by atomic mass is 9.33. The molecule has 0 heterocycles. The van der Waals surface area contributed by atoms with Gasteiger partial charge in [-0.05, 0) is 109 Å². The van der Waals surface area contributed by atoms with Crippen molar-refractivity contribution in [2.75, 3.05) is 13.2 Å². The van der Waals surface area contributed by atoms with E-state index in [2.05, 4.69) is 47.6 Å². The van der Waals surface area contributed by atoms with Gasteiger partial charge in [-0.3, -0.25) is 0 Å². The highest BCUT2D eigenvalue weighted by molar-refractivity contribution is 5.33. The molecule has 5 aliphatic carbocycles. The highest BCUT2D eigenvalue weighted by Gasteiger charge is 2.68. The van der Waals surface area contributed by atoms with Crippen molar-refractivity contribution in [1.29, 1.82) is 0 Å². The summed E-state index contributed by atoms with van der Waals surface area (Å²) in [5.74, 6) is 1.64. The van der Waals surface area contributed by atoms with Crippen LogP contribution in [0, 0.1) is 50.2 Å². The van der Waals surface area contributed by atoms with Crippen molar-refractivity contribution in [3.63, 3.8) is 0 Å². The number of fused-ring (bicyclic) bond motifs is 7. The van der Waals surface area contributed by atoms with Gasteiger partial charge < -0.3 is 15.3 Å². The summed E-state index contributed by atoms with van der Waals surface area (Å²) in [5.41, 5.74) is 2.33. The molecule has 3 heteroatoms. The number of aliphatic hydroxyl groups is 3. The summed E-state index contributed by atoms with van der Waals surface area (Å²) < 4.78 is 0. The van der Waals surface area contributed by atoms with Crippen molar-refractivity contribution in [2.24, 2.45) is 50.2 Å². The first-order valence-corrected chi connectivity index (χ1v) is 13.9. The van der Waals surface area contributed by atoms with Gasteiger partial charge in [-0.25, -0.2) is 0 Å². The van der Waals surface area contributed by atoms with Crippen LogP contribution in [0.2, 0.25) is 0 Å². The third-order valence-corrected chi connectivity index (χ3v) is 13.4. The van der Waals surface area contributed by atoms with E-state index in [-0.39, 0.29) is 45.2 Å². The molecule has 188 valence electrons. The van der Waals surface area contributed by atoms with Crippen molar-refractivity contribution >= 4 is 0 Å². The van der Waals surface area contributed by atoms with Crippen LogP contribution in [0.25, 0.3) is 0 Å². The maximum absolute atomic E-state index is 10.9. The van der Waals surface area contributed by atoms with Crippen molar-refractivity contribution < 1.29 is 15.3 Å². The second-order valence-corrected chi connectivity index (χ2v) is 14.9. The van der Waals surface area contributed by atoms with E-state index >= 15 is 0 Å². The molecule has 3 nitrogen and oxygen atoms in total. The molecule has 0 aromatic heterocycles. The minimum Gasteiger partial charge on any atom is -0.396 e. The van der Waals surface area contributed by atoms with Gasteiger partial charge in [0.05, 0.1) is 6.10 Å². The Hall–Kier alpha value is -0.380. The van der Waals surface area contributed by atoms with Gasteiger partial charge in [-0.1, -0.05) is 53.2 Å². The molecule has 5 aliphatic rings. The zero-order valence-corrected chi connectivity index (χ0v) is 22.2. The van der Waals surface area contributed by atoms with Crippen LogP contribution in [0.15, 0.2) is 11.6 Å². The summed E-state index contributed by atoms with van der Waals surface area (Å²) in [6.45, 7) is 15.2. The Kier molecular flexibility index (Phi) is 5.40. The lowest BCUT2D eigenvalue weighted by molar-refractivity contribution is -0.205. The van der Waals surface area contributed by atoms with Crippen LogP contribution in [0.5, 0.6) is 0 Å². The van der Waals surface area contributed by atoms with Crippen LogP contribution in [-0.4, -0.2) is 34.6 Å². The molecule has 0 aliphatic heterocycles. The molecule has 33 heavy (non-hydrogen) atoms. The molecular formula is C30H50O3. The van der Waals surface area contributed by atoms with E-state index in [4.69, 9.17) is 0 Å². The lowest BCUT2D eigenvalue weighted by Crippen LogP contribution is -2.64. The van der Waals surface area contributed by atoms with Crippen LogP contribution >= 0.6 is 0 Å². The molecule has 0 aromatic rings. The fourth-order valence-electron chi connectivity index (χ4n) is 10.7. The standard InChI is InChI=1S/C30H50O3/c1-25(2)22-9-12-29(6)23(27(22,4)11-10-24(25)33)8-7-20-21-17-26(3,18-31)13-15-30(21,19-32)16-14-28(20,29)5/h7,21-24,31-33H,8-19H2,1-6H3/t21-,22-,23+,24-,26+,27-,28+,29+,30+/m0/s1. The van der Waals surface area contributed by atoms with E-state index in [1.54, 1.807) is 5.57 Å². The maximum atomic E-state index is 10.9. The highest BCUT2D eigenvalue weighted by Crippen LogP contribution is 2.75. The molecule has 0 bridgehead atoms. The van der Waals surface area contributed by atoms with Gasteiger partial charge in [0.1, 0.15) is 0 Å². The number of aliphatic hydroxyl groups excluding tert-OH is 3. The summed E-state index contributed by atoms with van der Waals surface area (Å²) in [6, 6.07) is 0. The lowest BCUT2D eigenvalue weighted by Gasteiger charge is -2.71. The van der Waals surface area contributed by atoms with Gasteiger partial charge in [0, 0.05) is 18.6 Å².